The number of allylic oxidation sites excluding steroid dienone is 4. The second-order valence-electron chi connectivity index (χ2n) is 19.1. The number of rotatable bonds is 6. The molecule has 0 spiro atoms. The molecule has 0 aliphatic heterocycles. The van der Waals surface area contributed by atoms with Crippen LogP contribution in [0.5, 0.6) is 0 Å². The Labute approximate surface area is 279 Å². The van der Waals surface area contributed by atoms with E-state index < -0.39 is 37.9 Å². The molecule has 1 aliphatic carbocycles. The molecule has 4 heteroatoms. The van der Waals surface area contributed by atoms with Gasteiger partial charge in [0, 0.05) is 0 Å². The summed E-state index contributed by atoms with van der Waals surface area (Å²) < 4.78 is 3.67. The summed E-state index contributed by atoms with van der Waals surface area (Å²) in [5, 5.41) is 0. The second-order valence-corrected chi connectivity index (χ2v) is 35.3. The Hall–Kier alpha value is -0.888. The number of nitrogens with zero attached hydrogens (tertiary/aromatic N) is 1. The topological polar surface area (TPSA) is 3.24 Å². The van der Waals surface area contributed by atoms with Gasteiger partial charge in [-0.3, -0.25) is 0 Å². The zero-order chi connectivity index (χ0) is 33.1. The first-order valence-corrected chi connectivity index (χ1v) is 26.2. The Morgan fingerprint density at radius 1 is 0.465 bits per heavy atom. The molecular weight excluding hydrogens is 657 g/mol. The quantitative estimate of drug-likeness (QED) is 0.269. The molecule has 1 nitrogen and oxygen atoms in total. The van der Waals surface area contributed by atoms with Crippen molar-refractivity contribution in [3.8, 4) is 0 Å². The van der Waals surface area contributed by atoms with Crippen molar-refractivity contribution >= 4 is 49.0 Å². The van der Waals surface area contributed by atoms with Crippen molar-refractivity contribution in [1.82, 2.24) is 2.45 Å². The van der Waals surface area contributed by atoms with Crippen molar-refractivity contribution in [1.29, 1.82) is 0 Å². The molecule has 0 saturated heterocycles. The Bertz CT molecular complexity index is 1220. The zero-order valence-electron chi connectivity index (χ0n) is 31.1. The van der Waals surface area contributed by atoms with E-state index in [2.05, 4.69) is 173 Å². The van der Waals surface area contributed by atoms with Gasteiger partial charge in [0.25, 0.3) is 0 Å². The summed E-state index contributed by atoms with van der Waals surface area (Å²) in [6, 6.07) is 15.1. The fourth-order valence-corrected chi connectivity index (χ4v) is 26.3. The standard InChI is InChI=1S/C33H45.C6H18NSi2.Sn/c1-30(2,3)26-16-24(17-27(20-26)31(4,5)6)22-13-14-23(15-22)25-18-28(32(7,8)9)21-29(19-25)33(10,11)12;1-8(2,3)7-9(4,5)6;/h13-21H,1-12H3;1-6H3;/q;-1;+1. The number of hydrogen-bond donors (Lipinski definition) is 0. The summed E-state index contributed by atoms with van der Waals surface area (Å²) in [5.41, 5.74) is 12.2. The van der Waals surface area contributed by atoms with E-state index in [0.29, 0.717) is 3.93 Å². The van der Waals surface area contributed by atoms with Gasteiger partial charge < -0.3 is 0 Å². The van der Waals surface area contributed by atoms with Gasteiger partial charge in [-0.2, -0.15) is 0 Å². The van der Waals surface area contributed by atoms with Crippen LogP contribution in [0.4, 0.5) is 0 Å². The van der Waals surface area contributed by atoms with Crippen LogP contribution in [0.15, 0.2) is 48.6 Å². The predicted molar refractivity (Wildman–Crippen MR) is 202 cm³/mol. The van der Waals surface area contributed by atoms with Crippen molar-refractivity contribution in [2.75, 3.05) is 0 Å². The van der Waals surface area contributed by atoms with Crippen molar-refractivity contribution in [2.45, 2.75) is 148 Å². The molecule has 43 heavy (non-hydrogen) atoms. The fraction of sp³-hybridized carbons (Fsp3) is 0.590. The van der Waals surface area contributed by atoms with Crippen LogP contribution >= 0.6 is 0 Å². The number of hydrogen-bond acceptors (Lipinski definition) is 1. The van der Waals surface area contributed by atoms with Gasteiger partial charge in [-0.15, -0.1) is 0 Å². The van der Waals surface area contributed by atoms with Crippen LogP contribution in [0.1, 0.15) is 116 Å². The fourth-order valence-electron chi connectivity index (χ4n) is 6.05. The molecule has 0 heterocycles. The van der Waals surface area contributed by atoms with Gasteiger partial charge >= 0.3 is 281 Å². The molecule has 0 aromatic heterocycles. The van der Waals surface area contributed by atoms with E-state index >= 15 is 0 Å². The van der Waals surface area contributed by atoms with Crippen molar-refractivity contribution in [3.63, 3.8) is 0 Å². The first kappa shape index (κ1) is 36.6. The molecule has 2 radical (unpaired) electrons. The summed E-state index contributed by atoms with van der Waals surface area (Å²) >= 11 is -1.05. The Kier molecular flexibility index (Phi) is 10.2. The van der Waals surface area contributed by atoms with E-state index in [-0.39, 0.29) is 21.7 Å². The molecule has 0 bridgehead atoms. The minimum absolute atomic E-state index is 0.103. The van der Waals surface area contributed by atoms with Gasteiger partial charge in [0.2, 0.25) is 0 Å². The molecule has 0 atom stereocenters. The summed E-state index contributed by atoms with van der Waals surface area (Å²) in [7, 11) is -3.00. The van der Waals surface area contributed by atoms with Gasteiger partial charge in [-0.1, -0.05) is 0 Å². The summed E-state index contributed by atoms with van der Waals surface area (Å²) in [6.45, 7) is 43.9. The normalized spacial score (nSPS) is 16.2. The third-order valence-corrected chi connectivity index (χ3v) is 31.8. The summed E-state index contributed by atoms with van der Waals surface area (Å²) in [5.74, 6) is 0. The maximum atomic E-state index is 3.16. The first-order chi connectivity index (χ1) is 19.1. The van der Waals surface area contributed by atoms with E-state index in [1.165, 1.54) is 33.4 Å². The van der Waals surface area contributed by atoms with E-state index in [1.807, 2.05) is 0 Å². The molecule has 1 aliphatic rings. The van der Waals surface area contributed by atoms with Crippen molar-refractivity contribution in [2.24, 2.45) is 0 Å². The molecular formula is C39H63NSi2Sn. The van der Waals surface area contributed by atoms with Crippen LogP contribution in [-0.4, -0.2) is 40.3 Å². The van der Waals surface area contributed by atoms with Gasteiger partial charge in [0.15, 0.2) is 0 Å². The van der Waals surface area contributed by atoms with Gasteiger partial charge in [-0.05, 0) is 0 Å². The summed E-state index contributed by atoms with van der Waals surface area (Å²) in [6.07, 6.45) is 5.03. The molecule has 0 N–H and O–H groups in total. The Morgan fingerprint density at radius 2 is 0.721 bits per heavy atom. The van der Waals surface area contributed by atoms with Crippen molar-refractivity contribution < 1.29 is 0 Å². The van der Waals surface area contributed by atoms with Crippen molar-refractivity contribution in [3.05, 3.63) is 81.9 Å². The molecule has 0 fully saturated rings. The first-order valence-electron chi connectivity index (χ1n) is 16.4. The van der Waals surface area contributed by atoms with Crippen LogP contribution in [0.3, 0.4) is 0 Å². The van der Waals surface area contributed by atoms with Gasteiger partial charge in [0.1, 0.15) is 0 Å². The molecule has 0 saturated carbocycles. The van der Waals surface area contributed by atoms with E-state index in [4.69, 9.17) is 0 Å². The van der Waals surface area contributed by atoms with Gasteiger partial charge in [0.05, 0.1) is 0 Å². The third kappa shape index (κ3) is 8.89. The van der Waals surface area contributed by atoms with Gasteiger partial charge in [-0.25, -0.2) is 0 Å². The molecule has 3 rings (SSSR count). The molecule has 236 valence electrons. The molecule has 2 aromatic rings. The predicted octanol–water partition coefficient (Wildman–Crippen LogP) is 11.7. The second kappa shape index (κ2) is 12.0. The van der Waals surface area contributed by atoms with Crippen LogP contribution in [0.2, 0.25) is 43.2 Å². The molecule has 0 unspecified atom stereocenters. The van der Waals surface area contributed by atoms with E-state index in [1.54, 1.807) is 11.1 Å². The number of benzene rings is 2. The summed E-state index contributed by atoms with van der Waals surface area (Å²) in [4.78, 5) is 0. The van der Waals surface area contributed by atoms with E-state index in [0.717, 1.165) is 0 Å². The van der Waals surface area contributed by atoms with Crippen LogP contribution in [0, 0.1) is 0 Å². The Morgan fingerprint density at radius 3 is 0.930 bits per heavy atom. The molecule has 2 aromatic carbocycles. The maximum absolute atomic E-state index is 3.16. The zero-order valence-corrected chi connectivity index (χ0v) is 36.0. The SMILES string of the molecule is CC(C)(C)c1cc(C2=CC=C(c3cc(C(C)(C)C)cc(C(C)(C)C)c3)[CH]2[Sn][N]([Si](C)(C)C)[Si](C)(C)C)cc(C(C)(C)C)c1. The average Bonchev–Trinajstić information content (AvgIpc) is 3.22. The Balaban J connectivity index is 2.32. The minimum atomic E-state index is -1.50. The van der Waals surface area contributed by atoms with E-state index in [9.17, 15) is 0 Å². The van der Waals surface area contributed by atoms with Crippen LogP contribution in [0.25, 0.3) is 11.1 Å². The monoisotopic (exact) mass is 721 g/mol. The van der Waals surface area contributed by atoms with Crippen LogP contribution in [-0.2, 0) is 21.7 Å². The average molecular weight is 721 g/mol. The molecule has 0 amide bonds. The third-order valence-electron chi connectivity index (χ3n) is 8.66. The van der Waals surface area contributed by atoms with Crippen LogP contribution < -0.4 is 0 Å².